The topological polar surface area (TPSA) is 68.7 Å². The highest BCUT2D eigenvalue weighted by molar-refractivity contribution is 5.74. The normalized spacial score (nSPS) is 11.0. The minimum atomic E-state index is -4.98. The Kier molecular flexibility index (Phi) is 3.21. The van der Waals surface area contributed by atoms with E-state index >= 15 is 0 Å². The van der Waals surface area contributed by atoms with Crippen LogP contribution in [0.1, 0.15) is 10.5 Å². The second-order valence-electron chi connectivity index (χ2n) is 2.57. The average molecular weight is 237 g/mol. The molecule has 16 heavy (non-hydrogen) atoms. The Labute approximate surface area is 87.4 Å². The Morgan fingerprint density at radius 2 is 2.12 bits per heavy atom. The van der Waals surface area contributed by atoms with Crippen molar-refractivity contribution < 1.29 is 32.5 Å². The molecule has 0 radical (unpaired) electrons. The van der Waals surface area contributed by atoms with Gasteiger partial charge in [-0.3, -0.25) is 4.79 Å². The molecular weight excluding hydrogens is 231 g/mol. The number of halogens is 3. The highest BCUT2D eigenvalue weighted by atomic mass is 19.4. The number of carbonyl (C=O) groups is 1. The summed E-state index contributed by atoms with van der Waals surface area (Å²) in [6.07, 6.45) is -4.78. The van der Waals surface area contributed by atoms with Crippen molar-refractivity contribution in [2.75, 3.05) is 7.11 Å². The summed E-state index contributed by atoms with van der Waals surface area (Å²) in [5.74, 6) is -2.39. The first-order chi connectivity index (χ1) is 7.37. The second kappa shape index (κ2) is 4.25. The first kappa shape index (κ1) is 12.1. The molecule has 0 bridgehead atoms. The lowest BCUT2D eigenvalue weighted by molar-refractivity contribution is -0.275. The summed E-state index contributed by atoms with van der Waals surface area (Å²) in [6.45, 7) is 0. The molecule has 0 fully saturated rings. The maximum absolute atomic E-state index is 11.9. The number of hydrogen-bond acceptors (Lipinski definition) is 5. The highest BCUT2D eigenvalue weighted by Crippen LogP contribution is 2.37. The molecule has 0 aromatic carbocycles. The molecule has 0 unspecified atom stereocenters. The fourth-order valence-corrected chi connectivity index (χ4v) is 0.916. The Morgan fingerprint density at radius 1 is 1.50 bits per heavy atom. The zero-order chi connectivity index (χ0) is 12.3. The number of aldehydes is 1. The number of aromatic hydroxyl groups is 1. The van der Waals surface area contributed by atoms with Crippen LogP contribution in [0.3, 0.4) is 0 Å². The van der Waals surface area contributed by atoms with E-state index in [1.54, 1.807) is 0 Å². The fourth-order valence-electron chi connectivity index (χ4n) is 0.916. The molecule has 0 spiro atoms. The van der Waals surface area contributed by atoms with Crippen LogP contribution in [-0.4, -0.2) is 29.8 Å². The maximum Gasteiger partial charge on any atom is 0.573 e. The van der Waals surface area contributed by atoms with Crippen LogP contribution in [0.2, 0.25) is 0 Å². The molecule has 0 amide bonds. The van der Waals surface area contributed by atoms with E-state index in [0.717, 1.165) is 7.11 Å². The van der Waals surface area contributed by atoms with Crippen LogP contribution in [0.25, 0.3) is 0 Å². The van der Waals surface area contributed by atoms with E-state index < -0.39 is 23.7 Å². The maximum atomic E-state index is 11.9. The number of alkyl halides is 3. The lowest BCUT2D eigenvalue weighted by Crippen LogP contribution is -2.17. The number of methoxy groups -OCH3 is 1. The lowest BCUT2D eigenvalue weighted by atomic mass is 10.3. The van der Waals surface area contributed by atoms with Gasteiger partial charge in [-0.1, -0.05) is 0 Å². The number of nitrogens with zero attached hydrogens (tertiary/aromatic N) is 1. The zero-order valence-electron chi connectivity index (χ0n) is 7.91. The molecule has 88 valence electrons. The van der Waals surface area contributed by atoms with Gasteiger partial charge in [-0.2, -0.15) is 0 Å². The molecule has 0 aliphatic heterocycles. The number of aromatic nitrogens is 1. The van der Waals surface area contributed by atoms with Crippen molar-refractivity contribution in [3.05, 3.63) is 11.8 Å². The SMILES string of the molecule is COc1nc(C=O)cc(OC(F)(F)F)c1O. The molecule has 0 saturated heterocycles. The van der Waals surface area contributed by atoms with Crippen LogP contribution in [0.4, 0.5) is 13.2 Å². The average Bonchev–Trinajstić information content (AvgIpc) is 2.19. The molecule has 0 atom stereocenters. The van der Waals surface area contributed by atoms with Gasteiger partial charge in [0.1, 0.15) is 5.69 Å². The summed E-state index contributed by atoms with van der Waals surface area (Å²) in [5.41, 5.74) is -0.353. The molecule has 5 nitrogen and oxygen atoms in total. The van der Waals surface area contributed by atoms with Gasteiger partial charge in [0.25, 0.3) is 5.88 Å². The van der Waals surface area contributed by atoms with Gasteiger partial charge in [0.05, 0.1) is 7.11 Å². The van der Waals surface area contributed by atoms with Crippen LogP contribution < -0.4 is 9.47 Å². The third kappa shape index (κ3) is 2.75. The van der Waals surface area contributed by atoms with Gasteiger partial charge in [0, 0.05) is 6.07 Å². The molecule has 1 N–H and O–H groups in total. The highest BCUT2D eigenvalue weighted by Gasteiger charge is 2.33. The van der Waals surface area contributed by atoms with Gasteiger partial charge in [-0.25, -0.2) is 4.98 Å². The number of hydrogen-bond donors (Lipinski definition) is 1. The summed E-state index contributed by atoms with van der Waals surface area (Å²) in [6, 6.07) is 0.651. The van der Waals surface area contributed by atoms with Crippen molar-refractivity contribution in [2.45, 2.75) is 6.36 Å². The van der Waals surface area contributed by atoms with Crippen LogP contribution in [0, 0.1) is 0 Å². The van der Waals surface area contributed by atoms with E-state index in [2.05, 4.69) is 14.5 Å². The Hall–Kier alpha value is -1.99. The standard InChI is InChI=1S/C8H6F3NO4/c1-15-7-6(14)5(16-8(9,10)11)2-4(3-13)12-7/h2-3,14H,1H3. The summed E-state index contributed by atoms with van der Waals surface area (Å²) in [4.78, 5) is 13.8. The minimum Gasteiger partial charge on any atom is -0.501 e. The Bertz CT molecular complexity index is 405. The molecule has 1 aromatic rings. The second-order valence-corrected chi connectivity index (χ2v) is 2.57. The van der Waals surface area contributed by atoms with Gasteiger partial charge in [-0.15, -0.1) is 13.2 Å². The van der Waals surface area contributed by atoms with Gasteiger partial charge in [-0.05, 0) is 0 Å². The van der Waals surface area contributed by atoms with Crippen molar-refractivity contribution in [3.8, 4) is 17.4 Å². The number of ether oxygens (including phenoxy) is 2. The van der Waals surface area contributed by atoms with Crippen molar-refractivity contribution in [1.29, 1.82) is 0 Å². The van der Waals surface area contributed by atoms with Crippen molar-refractivity contribution >= 4 is 6.29 Å². The van der Waals surface area contributed by atoms with Crippen molar-refractivity contribution in [1.82, 2.24) is 4.98 Å². The monoisotopic (exact) mass is 237 g/mol. The Balaban J connectivity index is 3.21. The zero-order valence-corrected chi connectivity index (χ0v) is 7.91. The quantitative estimate of drug-likeness (QED) is 0.807. The van der Waals surface area contributed by atoms with E-state index in [1.165, 1.54) is 0 Å². The van der Waals surface area contributed by atoms with E-state index in [4.69, 9.17) is 0 Å². The third-order valence-corrected chi connectivity index (χ3v) is 1.49. The van der Waals surface area contributed by atoms with Gasteiger partial charge in [0.15, 0.2) is 12.0 Å². The van der Waals surface area contributed by atoms with Gasteiger partial charge < -0.3 is 14.6 Å². The number of pyridine rings is 1. The van der Waals surface area contributed by atoms with Crippen LogP contribution >= 0.6 is 0 Å². The van der Waals surface area contributed by atoms with Crippen LogP contribution in [-0.2, 0) is 0 Å². The number of rotatable bonds is 3. The van der Waals surface area contributed by atoms with E-state index in [9.17, 15) is 23.1 Å². The summed E-state index contributed by atoms with van der Waals surface area (Å²) in [7, 11) is 1.08. The summed E-state index contributed by atoms with van der Waals surface area (Å²) in [5, 5.41) is 9.24. The minimum absolute atomic E-state index is 0.200. The molecule has 0 aliphatic rings. The van der Waals surface area contributed by atoms with Crippen molar-refractivity contribution in [3.63, 3.8) is 0 Å². The molecule has 1 aromatic heterocycles. The van der Waals surface area contributed by atoms with Crippen molar-refractivity contribution in [2.24, 2.45) is 0 Å². The summed E-state index contributed by atoms with van der Waals surface area (Å²) >= 11 is 0. The largest absolute Gasteiger partial charge is 0.573 e. The first-order valence-electron chi connectivity index (χ1n) is 3.86. The predicted molar refractivity (Wildman–Crippen MR) is 44.5 cm³/mol. The summed E-state index contributed by atoms with van der Waals surface area (Å²) < 4.78 is 43.7. The van der Waals surface area contributed by atoms with Crippen LogP contribution in [0.15, 0.2) is 6.07 Å². The molecule has 8 heteroatoms. The molecule has 1 rings (SSSR count). The lowest BCUT2D eigenvalue weighted by Gasteiger charge is -2.12. The predicted octanol–water partition coefficient (Wildman–Crippen LogP) is 1.51. The van der Waals surface area contributed by atoms with E-state index in [-0.39, 0.29) is 12.0 Å². The fraction of sp³-hybridized carbons (Fsp3) is 0.250. The molecule has 0 aliphatic carbocycles. The third-order valence-electron chi connectivity index (χ3n) is 1.49. The molecular formula is C8H6F3NO4. The Morgan fingerprint density at radius 3 is 2.56 bits per heavy atom. The molecule has 0 saturated carbocycles. The number of carbonyl (C=O) groups excluding carboxylic acids is 1. The van der Waals surface area contributed by atoms with Crippen LogP contribution in [0.5, 0.6) is 17.4 Å². The smallest absolute Gasteiger partial charge is 0.501 e. The van der Waals surface area contributed by atoms with E-state index in [1.807, 2.05) is 0 Å². The molecule has 1 heterocycles. The first-order valence-corrected chi connectivity index (χ1v) is 3.86. The van der Waals surface area contributed by atoms with Gasteiger partial charge >= 0.3 is 6.36 Å². The van der Waals surface area contributed by atoms with E-state index in [0.29, 0.717) is 6.07 Å². The van der Waals surface area contributed by atoms with Gasteiger partial charge in [0.2, 0.25) is 5.75 Å².